The van der Waals surface area contributed by atoms with Gasteiger partial charge in [-0.1, -0.05) is 0 Å². The molecule has 1 fully saturated rings. The first kappa shape index (κ1) is 19.3. The van der Waals surface area contributed by atoms with E-state index >= 15 is 0 Å². The number of aromatic nitrogens is 4. The molecule has 0 atom stereocenters. The molecule has 0 aliphatic carbocycles. The molecule has 9 nitrogen and oxygen atoms in total. The summed E-state index contributed by atoms with van der Waals surface area (Å²) in [6.07, 6.45) is 1.53. The van der Waals surface area contributed by atoms with Crippen LogP contribution in [0.1, 0.15) is 34.8 Å². The van der Waals surface area contributed by atoms with Gasteiger partial charge in [0.2, 0.25) is 12.7 Å². The van der Waals surface area contributed by atoms with E-state index < -0.39 is 0 Å². The quantitative estimate of drug-likeness (QED) is 0.691. The Balaban J connectivity index is 1.21. The van der Waals surface area contributed by atoms with Crippen molar-refractivity contribution in [2.45, 2.75) is 32.8 Å². The predicted octanol–water partition coefficient (Wildman–Crippen LogP) is 2.90. The summed E-state index contributed by atoms with van der Waals surface area (Å²) in [6, 6.07) is 9.23. The zero-order valence-corrected chi connectivity index (χ0v) is 17.4. The number of nitrogens with one attached hydrogen (secondary N) is 1. The maximum Gasteiger partial charge on any atom is 0.271 e. The van der Waals surface area contributed by atoms with Crippen molar-refractivity contribution in [2.24, 2.45) is 0 Å². The number of hydrogen-bond donors (Lipinski definition) is 1. The number of carbonyl (C=O) groups excluding carboxylic acids is 1. The number of amides is 1. The van der Waals surface area contributed by atoms with Gasteiger partial charge >= 0.3 is 0 Å². The lowest BCUT2D eigenvalue weighted by Gasteiger charge is -2.31. The average molecular weight is 421 g/mol. The number of benzene rings is 1. The van der Waals surface area contributed by atoms with Gasteiger partial charge in [0.25, 0.3) is 5.91 Å². The Morgan fingerprint density at radius 1 is 1.10 bits per heavy atom. The molecule has 1 saturated heterocycles. The van der Waals surface area contributed by atoms with Crippen LogP contribution in [0.15, 0.2) is 30.3 Å². The molecular formula is C22H23N5O4. The largest absolute Gasteiger partial charge is 0.474 e. The van der Waals surface area contributed by atoms with Crippen molar-refractivity contribution in [2.75, 3.05) is 19.9 Å². The zero-order chi connectivity index (χ0) is 21.4. The van der Waals surface area contributed by atoms with Crippen molar-refractivity contribution in [1.29, 1.82) is 0 Å². The highest BCUT2D eigenvalue weighted by atomic mass is 16.7. The van der Waals surface area contributed by atoms with Crippen molar-refractivity contribution in [3.05, 3.63) is 47.5 Å². The van der Waals surface area contributed by atoms with Crippen LogP contribution in [0.25, 0.3) is 11.3 Å². The van der Waals surface area contributed by atoms with Crippen LogP contribution >= 0.6 is 0 Å². The number of ether oxygens (including phenoxy) is 3. The molecule has 1 aromatic carbocycles. The van der Waals surface area contributed by atoms with Gasteiger partial charge < -0.3 is 19.1 Å². The normalized spacial score (nSPS) is 15.9. The maximum atomic E-state index is 12.9. The van der Waals surface area contributed by atoms with Crippen LogP contribution in [-0.4, -0.2) is 57.0 Å². The first-order valence-corrected chi connectivity index (χ1v) is 10.3. The number of carbonyl (C=O) groups is 1. The SMILES string of the molecule is Cc1cc(OC2CCN(C(=O)c3cc(-c4ccc5c(c4)OCO5)n[nH]3)CC2)nc(C)n1. The fourth-order valence-corrected chi connectivity index (χ4v) is 3.90. The number of aryl methyl sites for hydroxylation is 2. The number of piperidine rings is 1. The molecule has 160 valence electrons. The molecule has 2 aliphatic rings. The summed E-state index contributed by atoms with van der Waals surface area (Å²) >= 11 is 0. The number of hydrogen-bond acceptors (Lipinski definition) is 7. The summed E-state index contributed by atoms with van der Waals surface area (Å²) in [4.78, 5) is 23.4. The summed E-state index contributed by atoms with van der Waals surface area (Å²) < 4.78 is 16.8. The lowest BCUT2D eigenvalue weighted by Crippen LogP contribution is -2.42. The van der Waals surface area contributed by atoms with E-state index in [-0.39, 0.29) is 18.8 Å². The van der Waals surface area contributed by atoms with Crippen LogP contribution in [0.3, 0.4) is 0 Å². The molecule has 1 N–H and O–H groups in total. The number of H-pyrrole nitrogens is 1. The predicted molar refractivity (Wildman–Crippen MR) is 111 cm³/mol. The van der Waals surface area contributed by atoms with Crippen molar-refractivity contribution in [1.82, 2.24) is 25.1 Å². The Morgan fingerprint density at radius 3 is 2.71 bits per heavy atom. The third-order valence-electron chi connectivity index (χ3n) is 5.44. The Labute approximate surface area is 179 Å². The van der Waals surface area contributed by atoms with Gasteiger partial charge in [0.15, 0.2) is 11.5 Å². The standard InChI is InChI=1S/C22H23N5O4/c1-13-9-21(24-14(2)23-13)31-16-5-7-27(8-6-16)22(28)18-11-17(25-26-18)15-3-4-19-20(10-15)30-12-29-19/h3-4,9-11,16H,5-8,12H2,1-2H3,(H,25,26). The van der Waals surface area contributed by atoms with Gasteiger partial charge in [0.05, 0.1) is 5.69 Å². The van der Waals surface area contributed by atoms with Crippen LogP contribution in [0.4, 0.5) is 0 Å². The first-order chi connectivity index (χ1) is 15.0. The molecule has 5 rings (SSSR count). The third kappa shape index (κ3) is 4.03. The Hall–Kier alpha value is -3.62. The molecule has 4 heterocycles. The Kier molecular flexibility index (Phi) is 4.93. The fraction of sp³-hybridized carbons (Fsp3) is 0.364. The zero-order valence-electron chi connectivity index (χ0n) is 17.4. The van der Waals surface area contributed by atoms with E-state index in [1.54, 1.807) is 6.07 Å². The van der Waals surface area contributed by atoms with Gasteiger partial charge in [-0.3, -0.25) is 9.89 Å². The molecule has 1 amide bonds. The topological polar surface area (TPSA) is 102 Å². The van der Waals surface area contributed by atoms with Gasteiger partial charge in [0.1, 0.15) is 17.6 Å². The first-order valence-electron chi connectivity index (χ1n) is 10.3. The van der Waals surface area contributed by atoms with E-state index in [4.69, 9.17) is 14.2 Å². The summed E-state index contributed by atoms with van der Waals surface area (Å²) in [6.45, 7) is 5.23. The highest BCUT2D eigenvalue weighted by Gasteiger charge is 2.26. The highest BCUT2D eigenvalue weighted by molar-refractivity contribution is 5.93. The average Bonchev–Trinajstić information content (AvgIpc) is 3.42. The Morgan fingerprint density at radius 2 is 1.90 bits per heavy atom. The summed E-state index contributed by atoms with van der Waals surface area (Å²) in [5.41, 5.74) is 2.90. The van der Waals surface area contributed by atoms with Crippen molar-refractivity contribution < 1.29 is 19.0 Å². The minimum atomic E-state index is -0.0633. The Bertz CT molecular complexity index is 1100. The smallest absolute Gasteiger partial charge is 0.271 e. The van der Waals surface area contributed by atoms with Crippen LogP contribution in [-0.2, 0) is 0 Å². The molecule has 9 heteroatoms. The van der Waals surface area contributed by atoms with Crippen LogP contribution in [0.5, 0.6) is 17.4 Å². The molecule has 3 aromatic rings. The fourth-order valence-electron chi connectivity index (χ4n) is 3.90. The van der Waals surface area contributed by atoms with Crippen LogP contribution in [0, 0.1) is 13.8 Å². The maximum absolute atomic E-state index is 12.9. The van der Waals surface area contributed by atoms with Crippen molar-refractivity contribution in [3.8, 4) is 28.6 Å². The number of likely N-dealkylation sites (tertiary alicyclic amines) is 1. The third-order valence-corrected chi connectivity index (χ3v) is 5.44. The highest BCUT2D eigenvalue weighted by Crippen LogP contribution is 2.35. The lowest BCUT2D eigenvalue weighted by molar-refractivity contribution is 0.0582. The minimum absolute atomic E-state index is 0.0312. The molecule has 0 radical (unpaired) electrons. The van der Waals surface area contributed by atoms with Crippen molar-refractivity contribution in [3.63, 3.8) is 0 Å². The van der Waals surface area contributed by atoms with Crippen LogP contribution in [0.2, 0.25) is 0 Å². The number of rotatable bonds is 4. The molecule has 0 saturated carbocycles. The number of fused-ring (bicyclic) bond motifs is 1. The molecule has 2 aromatic heterocycles. The van der Waals surface area contributed by atoms with E-state index in [1.807, 2.05) is 43.0 Å². The van der Waals surface area contributed by atoms with Gasteiger partial charge in [-0.2, -0.15) is 10.1 Å². The van der Waals surface area contributed by atoms with Crippen LogP contribution < -0.4 is 14.2 Å². The van der Waals surface area contributed by atoms with E-state index in [0.29, 0.717) is 47.7 Å². The molecule has 2 aliphatic heterocycles. The van der Waals surface area contributed by atoms with Gasteiger partial charge in [-0.15, -0.1) is 0 Å². The molecular weight excluding hydrogens is 398 g/mol. The molecule has 0 spiro atoms. The van der Waals surface area contributed by atoms with E-state index in [9.17, 15) is 4.79 Å². The minimum Gasteiger partial charge on any atom is -0.474 e. The summed E-state index contributed by atoms with van der Waals surface area (Å²) in [5.74, 6) is 2.63. The van der Waals surface area contributed by atoms with Gasteiger partial charge in [-0.25, -0.2) is 4.98 Å². The van der Waals surface area contributed by atoms with E-state index in [2.05, 4.69) is 20.2 Å². The van der Waals surface area contributed by atoms with Crippen molar-refractivity contribution >= 4 is 5.91 Å². The number of aromatic amines is 1. The molecule has 31 heavy (non-hydrogen) atoms. The van der Waals surface area contributed by atoms with Gasteiger partial charge in [0, 0.05) is 43.3 Å². The van der Waals surface area contributed by atoms with E-state index in [1.165, 1.54) is 0 Å². The number of nitrogens with zero attached hydrogens (tertiary/aromatic N) is 4. The second-order valence-corrected chi connectivity index (χ2v) is 7.74. The van der Waals surface area contributed by atoms with E-state index in [0.717, 1.165) is 24.1 Å². The monoisotopic (exact) mass is 421 g/mol. The summed E-state index contributed by atoms with van der Waals surface area (Å²) in [7, 11) is 0. The van der Waals surface area contributed by atoms with Gasteiger partial charge in [-0.05, 0) is 38.1 Å². The lowest BCUT2D eigenvalue weighted by atomic mass is 10.1. The summed E-state index contributed by atoms with van der Waals surface area (Å²) in [5, 5.41) is 7.18. The second kappa shape index (κ2) is 7.90. The second-order valence-electron chi connectivity index (χ2n) is 7.74. The molecule has 0 unspecified atom stereocenters. The molecule has 0 bridgehead atoms.